The molecule has 2 rings (SSSR count). The Hall–Kier alpha value is -1.39. The molecule has 1 aliphatic rings. The smallest absolute Gasteiger partial charge is 0.216 e. The lowest BCUT2D eigenvalue weighted by atomic mass is 9.65. The van der Waals surface area contributed by atoms with E-state index < -0.39 is 0 Å². The zero-order valence-electron chi connectivity index (χ0n) is 16.8. The van der Waals surface area contributed by atoms with Crippen molar-refractivity contribution in [1.29, 1.82) is 0 Å². The van der Waals surface area contributed by atoms with Crippen LogP contribution in [0.2, 0.25) is 0 Å². The van der Waals surface area contributed by atoms with Crippen LogP contribution < -0.4 is 5.32 Å². The maximum Gasteiger partial charge on any atom is 0.216 e. The standard InChI is InChI=1S/C18H28N2O.C3H8O/c1-15(21)19-14-17(2)10-12-18(13-11-17,20(3)4)16-8-6-5-7-9-16;1-3(2)4/h5-9H,10-14H2,1-4H3,(H,19,21);3-4H,1-2H3. The first-order chi connectivity index (χ1) is 11.6. The van der Waals surface area contributed by atoms with Gasteiger partial charge in [0.05, 0.1) is 0 Å². The minimum Gasteiger partial charge on any atom is -0.394 e. The van der Waals surface area contributed by atoms with Gasteiger partial charge < -0.3 is 10.4 Å². The second-order valence-corrected chi connectivity index (χ2v) is 8.11. The molecule has 1 saturated carbocycles. The fourth-order valence-corrected chi connectivity index (χ4v) is 3.52. The molecule has 0 aromatic heterocycles. The van der Waals surface area contributed by atoms with E-state index in [-0.39, 0.29) is 23.0 Å². The van der Waals surface area contributed by atoms with E-state index in [4.69, 9.17) is 5.11 Å². The van der Waals surface area contributed by atoms with E-state index in [1.54, 1.807) is 20.8 Å². The van der Waals surface area contributed by atoms with E-state index in [0.717, 1.165) is 32.2 Å². The average molecular weight is 349 g/mol. The molecule has 0 saturated heterocycles. The summed E-state index contributed by atoms with van der Waals surface area (Å²) in [6.07, 6.45) is 4.39. The third-order valence-electron chi connectivity index (χ3n) is 5.22. The largest absolute Gasteiger partial charge is 0.394 e. The maximum absolute atomic E-state index is 11.2. The summed E-state index contributed by atoms with van der Waals surface area (Å²) in [5, 5.41) is 11.1. The summed E-state index contributed by atoms with van der Waals surface area (Å²) in [5.41, 5.74) is 1.77. The molecule has 0 aliphatic heterocycles. The predicted molar refractivity (Wildman–Crippen MR) is 104 cm³/mol. The van der Waals surface area contributed by atoms with E-state index in [2.05, 4.69) is 61.6 Å². The molecule has 1 fully saturated rings. The highest BCUT2D eigenvalue weighted by molar-refractivity contribution is 5.72. The molecule has 2 N–H and O–H groups in total. The summed E-state index contributed by atoms with van der Waals surface area (Å²) >= 11 is 0. The molecule has 4 heteroatoms. The van der Waals surface area contributed by atoms with E-state index in [9.17, 15) is 4.79 Å². The van der Waals surface area contributed by atoms with Crippen molar-refractivity contribution in [3.8, 4) is 0 Å². The minimum absolute atomic E-state index is 0.0729. The number of nitrogens with zero attached hydrogens (tertiary/aromatic N) is 1. The van der Waals surface area contributed by atoms with Gasteiger partial charge in [-0.2, -0.15) is 0 Å². The minimum atomic E-state index is -0.167. The fourth-order valence-electron chi connectivity index (χ4n) is 3.52. The summed E-state index contributed by atoms with van der Waals surface area (Å²) in [5.74, 6) is 0.0729. The summed E-state index contributed by atoms with van der Waals surface area (Å²) in [6, 6.07) is 10.8. The Kier molecular flexibility index (Phi) is 8.10. The number of aliphatic hydroxyl groups excluding tert-OH is 1. The van der Waals surface area contributed by atoms with E-state index in [0.29, 0.717) is 0 Å². The molecule has 4 nitrogen and oxygen atoms in total. The van der Waals surface area contributed by atoms with Gasteiger partial charge in [-0.1, -0.05) is 37.3 Å². The Morgan fingerprint density at radius 2 is 1.64 bits per heavy atom. The van der Waals surface area contributed by atoms with Crippen molar-refractivity contribution in [2.75, 3.05) is 20.6 Å². The average Bonchev–Trinajstić information content (AvgIpc) is 2.54. The third-order valence-corrected chi connectivity index (χ3v) is 5.22. The van der Waals surface area contributed by atoms with Crippen molar-refractivity contribution in [1.82, 2.24) is 10.2 Å². The lowest BCUT2D eigenvalue weighted by Crippen LogP contribution is -2.48. The number of carbonyl (C=O) groups excluding carboxylic acids is 1. The van der Waals surface area contributed by atoms with Gasteiger partial charge in [0.15, 0.2) is 0 Å². The molecular weight excluding hydrogens is 312 g/mol. The van der Waals surface area contributed by atoms with E-state index in [1.807, 2.05) is 0 Å². The molecule has 25 heavy (non-hydrogen) atoms. The fraction of sp³-hybridized carbons (Fsp3) is 0.667. The first kappa shape index (κ1) is 21.7. The summed E-state index contributed by atoms with van der Waals surface area (Å²) in [6.45, 7) is 8.13. The lowest BCUT2D eigenvalue weighted by Gasteiger charge is -2.49. The SMILES string of the molecule is CC(=O)NCC1(C)CCC(c2ccccc2)(N(C)C)CC1.CC(C)O. The number of carbonyl (C=O) groups is 1. The molecule has 0 radical (unpaired) electrons. The van der Waals surface area contributed by atoms with Gasteiger partial charge in [0.2, 0.25) is 5.91 Å². The number of benzene rings is 1. The molecule has 0 unspecified atom stereocenters. The number of hydrogen-bond acceptors (Lipinski definition) is 3. The van der Waals surface area contributed by atoms with Gasteiger partial charge in [-0.15, -0.1) is 0 Å². The van der Waals surface area contributed by atoms with Crippen LogP contribution in [0.1, 0.15) is 58.9 Å². The topological polar surface area (TPSA) is 52.6 Å². The van der Waals surface area contributed by atoms with Crippen molar-refractivity contribution in [2.24, 2.45) is 5.41 Å². The summed E-state index contributed by atoms with van der Waals surface area (Å²) < 4.78 is 0. The Morgan fingerprint density at radius 1 is 1.16 bits per heavy atom. The van der Waals surface area contributed by atoms with Gasteiger partial charge >= 0.3 is 0 Å². The molecule has 0 atom stereocenters. The highest BCUT2D eigenvalue weighted by Gasteiger charge is 2.42. The van der Waals surface area contributed by atoms with Crippen molar-refractivity contribution in [3.63, 3.8) is 0 Å². The normalized spacial score (nSPS) is 26.1. The Bertz CT molecular complexity index is 515. The zero-order valence-corrected chi connectivity index (χ0v) is 16.8. The molecular formula is C21H36N2O2. The second kappa shape index (κ2) is 9.35. The lowest BCUT2D eigenvalue weighted by molar-refractivity contribution is -0.119. The van der Waals surface area contributed by atoms with Crippen LogP contribution in [0.5, 0.6) is 0 Å². The van der Waals surface area contributed by atoms with Crippen LogP contribution in [-0.2, 0) is 10.3 Å². The first-order valence-electron chi connectivity index (χ1n) is 9.27. The van der Waals surface area contributed by atoms with Crippen LogP contribution >= 0.6 is 0 Å². The van der Waals surface area contributed by atoms with Crippen LogP contribution in [0.25, 0.3) is 0 Å². The third kappa shape index (κ3) is 6.44. The molecule has 1 aliphatic carbocycles. The van der Waals surface area contributed by atoms with E-state index in [1.165, 1.54) is 5.56 Å². The van der Waals surface area contributed by atoms with Gasteiger partial charge in [-0.3, -0.25) is 9.69 Å². The number of aliphatic hydroxyl groups is 1. The Balaban J connectivity index is 0.000000705. The molecule has 1 amide bonds. The van der Waals surface area contributed by atoms with Crippen LogP contribution in [0.4, 0.5) is 0 Å². The number of rotatable bonds is 4. The van der Waals surface area contributed by atoms with Crippen molar-refractivity contribution in [3.05, 3.63) is 35.9 Å². The van der Waals surface area contributed by atoms with Gasteiger partial charge in [0, 0.05) is 25.1 Å². The second-order valence-electron chi connectivity index (χ2n) is 8.11. The molecule has 142 valence electrons. The number of nitrogens with one attached hydrogen (secondary N) is 1. The van der Waals surface area contributed by atoms with Crippen molar-refractivity contribution >= 4 is 5.91 Å². The Labute approximate surface area is 153 Å². The number of hydrogen-bond donors (Lipinski definition) is 2. The monoisotopic (exact) mass is 348 g/mol. The number of amides is 1. The van der Waals surface area contributed by atoms with Crippen molar-refractivity contribution in [2.45, 2.75) is 65.0 Å². The van der Waals surface area contributed by atoms with Crippen LogP contribution in [0.3, 0.4) is 0 Å². The molecule has 0 heterocycles. The summed E-state index contributed by atoms with van der Waals surface area (Å²) in [4.78, 5) is 13.5. The van der Waals surface area contributed by atoms with Crippen LogP contribution in [-0.4, -0.2) is 42.7 Å². The predicted octanol–water partition coefficient (Wildman–Crippen LogP) is 3.55. The Morgan fingerprint density at radius 3 is 2.04 bits per heavy atom. The quantitative estimate of drug-likeness (QED) is 0.875. The van der Waals surface area contributed by atoms with Crippen LogP contribution in [0.15, 0.2) is 30.3 Å². The van der Waals surface area contributed by atoms with Crippen molar-refractivity contribution < 1.29 is 9.90 Å². The van der Waals surface area contributed by atoms with Gasteiger partial charge in [0.25, 0.3) is 0 Å². The molecule has 0 spiro atoms. The summed E-state index contributed by atoms with van der Waals surface area (Å²) in [7, 11) is 4.37. The molecule has 1 aromatic rings. The van der Waals surface area contributed by atoms with E-state index >= 15 is 0 Å². The first-order valence-corrected chi connectivity index (χ1v) is 9.27. The molecule has 0 bridgehead atoms. The maximum atomic E-state index is 11.2. The molecule has 1 aromatic carbocycles. The van der Waals surface area contributed by atoms with Gasteiger partial charge in [-0.25, -0.2) is 0 Å². The highest BCUT2D eigenvalue weighted by Crippen LogP contribution is 2.47. The highest BCUT2D eigenvalue weighted by atomic mass is 16.3. The van der Waals surface area contributed by atoms with Gasteiger partial charge in [0.1, 0.15) is 0 Å². The zero-order chi connectivity index (χ0) is 19.1. The van der Waals surface area contributed by atoms with Gasteiger partial charge in [-0.05, 0) is 64.6 Å². The van der Waals surface area contributed by atoms with Crippen LogP contribution in [0, 0.1) is 5.41 Å².